The number of hydrogen-bond donors (Lipinski definition) is 3. The van der Waals surface area contributed by atoms with Crippen molar-refractivity contribution in [3.8, 4) is 0 Å². The molecule has 0 saturated carbocycles. The van der Waals surface area contributed by atoms with Crippen LogP contribution in [-0.2, 0) is 6.42 Å². The molecule has 17 heavy (non-hydrogen) atoms. The number of hydrogen-bond acceptors (Lipinski definition) is 3. The van der Waals surface area contributed by atoms with E-state index in [2.05, 4.69) is 34.9 Å². The Morgan fingerprint density at radius 3 is 3.12 bits per heavy atom. The first kappa shape index (κ1) is 12.4. The summed E-state index contributed by atoms with van der Waals surface area (Å²) < 4.78 is 0. The van der Waals surface area contributed by atoms with Crippen molar-refractivity contribution in [1.29, 1.82) is 0 Å². The lowest BCUT2D eigenvalue weighted by Crippen LogP contribution is -2.29. The molecule has 3 N–H and O–H groups in total. The van der Waals surface area contributed by atoms with E-state index in [0.29, 0.717) is 6.04 Å². The lowest BCUT2D eigenvalue weighted by Gasteiger charge is -2.13. The predicted molar refractivity (Wildman–Crippen MR) is 71.4 cm³/mol. The second kappa shape index (κ2) is 6.62. The summed E-state index contributed by atoms with van der Waals surface area (Å²) in [6, 6.07) is 9.12. The molecule has 94 valence electrons. The van der Waals surface area contributed by atoms with Crippen LogP contribution >= 0.6 is 0 Å². The highest BCUT2D eigenvalue weighted by atomic mass is 16.2. The summed E-state index contributed by atoms with van der Waals surface area (Å²) in [7, 11) is 0. The molecular formula is C14H22N2O. The zero-order valence-corrected chi connectivity index (χ0v) is 10.3. The van der Waals surface area contributed by atoms with Gasteiger partial charge in [0.15, 0.2) is 0 Å². The van der Waals surface area contributed by atoms with Gasteiger partial charge in [0, 0.05) is 24.9 Å². The number of benzene rings is 1. The maximum atomic E-state index is 8.82. The van der Waals surface area contributed by atoms with Crippen molar-refractivity contribution in [2.45, 2.75) is 31.7 Å². The summed E-state index contributed by atoms with van der Waals surface area (Å²) >= 11 is 0. The van der Waals surface area contributed by atoms with E-state index in [9.17, 15) is 0 Å². The molecule has 1 atom stereocenters. The first-order chi connectivity index (χ1) is 8.38. The molecular weight excluding hydrogens is 212 g/mol. The molecule has 2 rings (SSSR count). The first-order valence-electron chi connectivity index (χ1n) is 6.55. The molecule has 0 radical (unpaired) electrons. The fraction of sp³-hybridized carbons (Fsp3) is 0.571. The number of anilines is 1. The van der Waals surface area contributed by atoms with E-state index in [1.165, 1.54) is 24.1 Å². The van der Waals surface area contributed by atoms with Gasteiger partial charge < -0.3 is 15.7 Å². The van der Waals surface area contributed by atoms with Crippen LogP contribution < -0.4 is 10.6 Å². The Bertz CT molecular complexity index is 335. The Morgan fingerprint density at radius 1 is 1.41 bits per heavy atom. The molecule has 0 amide bonds. The molecule has 1 saturated heterocycles. The number of aliphatic hydroxyl groups excluding tert-OH is 1. The Balaban J connectivity index is 1.82. The van der Waals surface area contributed by atoms with Crippen molar-refractivity contribution in [2.75, 3.05) is 25.0 Å². The predicted octanol–water partition coefficient (Wildman–Crippen LogP) is 1.78. The second-order valence-corrected chi connectivity index (χ2v) is 4.70. The molecule has 1 aliphatic heterocycles. The van der Waals surface area contributed by atoms with Crippen LogP contribution in [0.15, 0.2) is 24.3 Å². The van der Waals surface area contributed by atoms with Crippen molar-refractivity contribution >= 4 is 5.69 Å². The summed E-state index contributed by atoms with van der Waals surface area (Å²) in [5, 5.41) is 15.8. The fourth-order valence-electron chi connectivity index (χ4n) is 2.29. The van der Waals surface area contributed by atoms with Gasteiger partial charge in [-0.3, -0.25) is 0 Å². The lowest BCUT2D eigenvalue weighted by molar-refractivity contribution is 0.288. The molecule has 0 spiro atoms. The summed E-state index contributed by atoms with van der Waals surface area (Å²) in [5.74, 6) is 0. The van der Waals surface area contributed by atoms with Gasteiger partial charge in [-0.15, -0.1) is 0 Å². The monoisotopic (exact) mass is 234 g/mol. The van der Waals surface area contributed by atoms with E-state index in [1.807, 2.05) is 0 Å². The number of aliphatic hydroxyl groups is 1. The van der Waals surface area contributed by atoms with Gasteiger partial charge in [0.1, 0.15) is 0 Å². The summed E-state index contributed by atoms with van der Waals surface area (Å²) in [4.78, 5) is 0. The van der Waals surface area contributed by atoms with Crippen LogP contribution in [0.25, 0.3) is 0 Å². The van der Waals surface area contributed by atoms with E-state index in [-0.39, 0.29) is 6.61 Å². The van der Waals surface area contributed by atoms with Crippen molar-refractivity contribution in [2.24, 2.45) is 0 Å². The van der Waals surface area contributed by atoms with Crippen LogP contribution in [0.4, 0.5) is 5.69 Å². The number of rotatable bonds is 6. The molecule has 1 heterocycles. The molecule has 1 aromatic carbocycles. The van der Waals surface area contributed by atoms with Gasteiger partial charge in [-0.05, 0) is 49.9 Å². The van der Waals surface area contributed by atoms with E-state index >= 15 is 0 Å². The molecule has 1 unspecified atom stereocenters. The van der Waals surface area contributed by atoms with Crippen LogP contribution in [0.1, 0.15) is 24.8 Å². The van der Waals surface area contributed by atoms with Crippen LogP contribution in [0.5, 0.6) is 0 Å². The van der Waals surface area contributed by atoms with E-state index in [4.69, 9.17) is 5.11 Å². The maximum absolute atomic E-state index is 8.82. The van der Waals surface area contributed by atoms with Gasteiger partial charge in [0.05, 0.1) is 0 Å². The van der Waals surface area contributed by atoms with E-state index in [0.717, 1.165) is 25.9 Å². The zero-order valence-electron chi connectivity index (χ0n) is 10.3. The smallest absolute Gasteiger partial charge is 0.0434 e. The van der Waals surface area contributed by atoms with Crippen molar-refractivity contribution in [3.63, 3.8) is 0 Å². The Morgan fingerprint density at radius 2 is 2.35 bits per heavy atom. The molecule has 0 aromatic heterocycles. The standard InChI is InChI=1S/C14H22N2O/c17-9-3-5-12-4-1-6-13(10-12)16-11-14-7-2-8-15-14/h1,4,6,10,14-17H,2-3,5,7-9,11H2. The average Bonchev–Trinajstić information content (AvgIpc) is 2.87. The Labute approximate surface area is 103 Å². The van der Waals surface area contributed by atoms with Gasteiger partial charge in [-0.2, -0.15) is 0 Å². The zero-order chi connectivity index (χ0) is 11.9. The molecule has 1 aromatic rings. The molecule has 3 heteroatoms. The van der Waals surface area contributed by atoms with E-state index < -0.39 is 0 Å². The highest BCUT2D eigenvalue weighted by Crippen LogP contribution is 2.13. The summed E-state index contributed by atoms with van der Waals surface area (Å²) in [6.07, 6.45) is 4.36. The SMILES string of the molecule is OCCCc1cccc(NCC2CCCN2)c1. The van der Waals surface area contributed by atoms with Crippen LogP contribution in [-0.4, -0.2) is 30.8 Å². The second-order valence-electron chi connectivity index (χ2n) is 4.70. The average molecular weight is 234 g/mol. The molecule has 3 nitrogen and oxygen atoms in total. The maximum Gasteiger partial charge on any atom is 0.0434 e. The minimum atomic E-state index is 0.268. The Hall–Kier alpha value is -1.06. The van der Waals surface area contributed by atoms with Crippen molar-refractivity contribution < 1.29 is 5.11 Å². The number of nitrogens with one attached hydrogen (secondary N) is 2. The van der Waals surface area contributed by atoms with Gasteiger partial charge in [0.25, 0.3) is 0 Å². The highest BCUT2D eigenvalue weighted by Gasteiger charge is 2.12. The van der Waals surface area contributed by atoms with Gasteiger partial charge >= 0.3 is 0 Å². The van der Waals surface area contributed by atoms with Gasteiger partial charge in [-0.1, -0.05) is 12.1 Å². The summed E-state index contributed by atoms with van der Waals surface area (Å²) in [5.41, 5.74) is 2.48. The van der Waals surface area contributed by atoms with Gasteiger partial charge in [0.2, 0.25) is 0 Å². The van der Waals surface area contributed by atoms with Crippen LogP contribution in [0.2, 0.25) is 0 Å². The topological polar surface area (TPSA) is 44.3 Å². The first-order valence-corrected chi connectivity index (χ1v) is 6.55. The van der Waals surface area contributed by atoms with Crippen LogP contribution in [0, 0.1) is 0 Å². The quantitative estimate of drug-likeness (QED) is 0.703. The largest absolute Gasteiger partial charge is 0.396 e. The summed E-state index contributed by atoms with van der Waals surface area (Å²) in [6.45, 7) is 2.43. The molecule has 1 fully saturated rings. The third-order valence-electron chi connectivity index (χ3n) is 3.27. The van der Waals surface area contributed by atoms with Crippen LogP contribution in [0.3, 0.4) is 0 Å². The number of aryl methyl sites for hydroxylation is 1. The highest BCUT2D eigenvalue weighted by molar-refractivity contribution is 5.45. The van der Waals surface area contributed by atoms with Gasteiger partial charge in [-0.25, -0.2) is 0 Å². The van der Waals surface area contributed by atoms with Crippen molar-refractivity contribution in [1.82, 2.24) is 5.32 Å². The third kappa shape index (κ3) is 4.02. The Kier molecular flexibility index (Phi) is 4.83. The minimum absolute atomic E-state index is 0.268. The molecule has 0 aliphatic carbocycles. The lowest BCUT2D eigenvalue weighted by atomic mass is 10.1. The normalized spacial score (nSPS) is 19.5. The minimum Gasteiger partial charge on any atom is -0.396 e. The fourth-order valence-corrected chi connectivity index (χ4v) is 2.29. The third-order valence-corrected chi connectivity index (χ3v) is 3.27. The molecule has 1 aliphatic rings. The molecule has 0 bridgehead atoms. The van der Waals surface area contributed by atoms with E-state index in [1.54, 1.807) is 0 Å². The van der Waals surface area contributed by atoms with Crippen molar-refractivity contribution in [3.05, 3.63) is 29.8 Å².